The second-order valence-electron chi connectivity index (χ2n) is 3.97. The number of hydrogen-bond donors (Lipinski definition) is 1. The normalized spacial score (nSPS) is 11.3. The lowest BCUT2D eigenvalue weighted by atomic mass is 10.3. The van der Waals surface area contributed by atoms with Gasteiger partial charge in [-0.15, -0.1) is 0 Å². The third-order valence-corrected chi connectivity index (χ3v) is 3.39. The number of halogens is 2. The van der Waals surface area contributed by atoms with Crippen LogP contribution in [0.5, 0.6) is 0 Å². The first-order chi connectivity index (χ1) is 9.15. The van der Waals surface area contributed by atoms with Crippen molar-refractivity contribution in [3.05, 3.63) is 34.6 Å². The molecule has 0 saturated carbocycles. The van der Waals surface area contributed by atoms with E-state index in [2.05, 4.69) is 35.6 Å². The fourth-order valence-electron chi connectivity index (χ4n) is 1.89. The Morgan fingerprint density at radius 3 is 3.00 bits per heavy atom. The van der Waals surface area contributed by atoms with Gasteiger partial charge >= 0.3 is 0 Å². The van der Waals surface area contributed by atoms with Gasteiger partial charge in [-0.25, -0.2) is 9.37 Å². The van der Waals surface area contributed by atoms with Crippen molar-refractivity contribution in [1.82, 2.24) is 19.7 Å². The number of hydrogen-bond acceptors (Lipinski definition) is 5. The van der Waals surface area contributed by atoms with Crippen LogP contribution >= 0.6 is 15.9 Å². The van der Waals surface area contributed by atoms with Crippen LogP contribution in [-0.4, -0.2) is 19.7 Å². The van der Waals surface area contributed by atoms with E-state index in [1.165, 1.54) is 12.5 Å². The highest BCUT2D eigenvalue weighted by Gasteiger charge is 2.12. The number of aromatic nitrogens is 4. The molecule has 0 spiro atoms. The zero-order valence-corrected chi connectivity index (χ0v) is 11.3. The molecule has 0 radical (unpaired) electrons. The maximum atomic E-state index is 13.4. The maximum Gasteiger partial charge on any atom is 0.213 e. The van der Waals surface area contributed by atoms with Gasteiger partial charge in [0.25, 0.3) is 0 Å². The zero-order valence-electron chi connectivity index (χ0n) is 9.68. The Morgan fingerprint density at radius 2 is 2.26 bits per heavy atom. The van der Waals surface area contributed by atoms with Crippen LogP contribution in [0.2, 0.25) is 0 Å². The van der Waals surface area contributed by atoms with Gasteiger partial charge in [0, 0.05) is 19.0 Å². The molecule has 0 saturated heterocycles. The highest BCUT2D eigenvalue weighted by molar-refractivity contribution is 9.10. The second kappa shape index (κ2) is 4.61. The minimum absolute atomic E-state index is 0.330. The monoisotopic (exact) mass is 325 g/mol. The smallest absolute Gasteiger partial charge is 0.213 e. The average Bonchev–Trinajstić information content (AvgIpc) is 2.96. The number of fused-ring (bicyclic) bond motifs is 1. The minimum atomic E-state index is -0.365. The van der Waals surface area contributed by atoms with Gasteiger partial charge in [-0.3, -0.25) is 0 Å². The van der Waals surface area contributed by atoms with Crippen LogP contribution in [0.1, 0.15) is 5.82 Å². The van der Waals surface area contributed by atoms with Gasteiger partial charge in [0.15, 0.2) is 5.82 Å². The Bertz CT molecular complexity index is 724. The van der Waals surface area contributed by atoms with Crippen LogP contribution in [0.25, 0.3) is 11.0 Å². The fourth-order valence-corrected chi connectivity index (χ4v) is 2.22. The maximum absolute atomic E-state index is 13.4. The lowest BCUT2D eigenvalue weighted by Crippen LogP contribution is -2.06. The van der Waals surface area contributed by atoms with Crippen molar-refractivity contribution in [1.29, 1.82) is 0 Å². The topological polar surface area (TPSA) is 82.8 Å². The number of benzene rings is 1. The van der Waals surface area contributed by atoms with Gasteiger partial charge in [-0.1, -0.05) is 5.16 Å². The molecule has 3 aromatic rings. The van der Waals surface area contributed by atoms with Crippen LogP contribution in [0.3, 0.4) is 0 Å². The van der Waals surface area contributed by atoms with Gasteiger partial charge in [0.2, 0.25) is 12.3 Å². The molecule has 6 nitrogen and oxygen atoms in total. The highest BCUT2D eigenvalue weighted by atomic mass is 79.9. The summed E-state index contributed by atoms with van der Waals surface area (Å²) in [4.78, 5) is 8.07. The van der Waals surface area contributed by atoms with E-state index in [4.69, 9.17) is 5.73 Å². The summed E-state index contributed by atoms with van der Waals surface area (Å²) >= 11 is 3.15. The molecule has 0 amide bonds. The van der Waals surface area contributed by atoms with Crippen molar-refractivity contribution in [3.63, 3.8) is 0 Å². The van der Waals surface area contributed by atoms with Crippen molar-refractivity contribution in [2.45, 2.75) is 13.0 Å². The summed E-state index contributed by atoms with van der Waals surface area (Å²) in [6, 6.07) is 3.00. The molecule has 2 aromatic heterocycles. The molecule has 0 aliphatic heterocycles. The van der Waals surface area contributed by atoms with Crippen LogP contribution in [0.15, 0.2) is 27.5 Å². The summed E-state index contributed by atoms with van der Waals surface area (Å²) in [5, 5.41) is 3.73. The van der Waals surface area contributed by atoms with E-state index in [0.29, 0.717) is 34.7 Å². The van der Waals surface area contributed by atoms with Crippen LogP contribution in [0.4, 0.5) is 10.3 Å². The molecule has 8 heteroatoms. The number of anilines is 1. The summed E-state index contributed by atoms with van der Waals surface area (Å²) < 4.78 is 20.3. The first kappa shape index (κ1) is 12.1. The van der Waals surface area contributed by atoms with Gasteiger partial charge in [0.05, 0.1) is 15.5 Å². The van der Waals surface area contributed by atoms with E-state index in [1.807, 2.05) is 0 Å². The number of imidazole rings is 1. The fraction of sp³-hybridized carbons (Fsp3) is 0.182. The molecule has 0 aliphatic rings. The molecule has 0 atom stereocenters. The van der Waals surface area contributed by atoms with Crippen molar-refractivity contribution < 1.29 is 8.91 Å². The van der Waals surface area contributed by atoms with Crippen molar-refractivity contribution >= 4 is 32.9 Å². The van der Waals surface area contributed by atoms with E-state index >= 15 is 0 Å². The molecule has 98 valence electrons. The number of nitrogens with two attached hydrogens (primary N) is 1. The molecular weight excluding hydrogens is 317 g/mol. The molecule has 0 bridgehead atoms. The molecule has 3 rings (SSSR count). The summed E-state index contributed by atoms with van der Waals surface area (Å²) in [6.07, 6.45) is 1.83. The van der Waals surface area contributed by atoms with Gasteiger partial charge in [0.1, 0.15) is 5.82 Å². The van der Waals surface area contributed by atoms with Crippen LogP contribution < -0.4 is 5.73 Å². The average molecular weight is 326 g/mol. The Morgan fingerprint density at radius 1 is 1.42 bits per heavy atom. The third-order valence-electron chi connectivity index (χ3n) is 2.79. The standard InChI is InChI=1S/C11H9BrFN5O/c12-6-3-9-8(4-7(6)13)16-11(14)18(9)2-1-10-15-5-19-17-10/h3-5H,1-2H2,(H2,14,16). The van der Waals surface area contributed by atoms with Crippen molar-refractivity contribution in [2.24, 2.45) is 0 Å². The van der Waals surface area contributed by atoms with Crippen LogP contribution in [0, 0.1) is 5.82 Å². The summed E-state index contributed by atoms with van der Waals surface area (Å²) in [6.45, 7) is 0.542. The molecule has 1 aromatic carbocycles. The predicted molar refractivity (Wildman–Crippen MR) is 69.8 cm³/mol. The van der Waals surface area contributed by atoms with E-state index in [0.717, 1.165) is 5.52 Å². The molecule has 2 N–H and O–H groups in total. The number of nitrogens with zero attached hydrogens (tertiary/aromatic N) is 4. The molecule has 0 unspecified atom stereocenters. The van der Waals surface area contributed by atoms with E-state index in [1.54, 1.807) is 10.6 Å². The van der Waals surface area contributed by atoms with Gasteiger partial charge in [-0.2, -0.15) is 4.98 Å². The summed E-state index contributed by atoms with van der Waals surface area (Å²) in [5.41, 5.74) is 7.12. The minimum Gasteiger partial charge on any atom is -0.369 e. The SMILES string of the molecule is Nc1nc2cc(F)c(Br)cc2n1CCc1ncon1. The first-order valence-corrected chi connectivity index (χ1v) is 6.30. The lowest BCUT2D eigenvalue weighted by Gasteiger charge is -2.04. The Hall–Kier alpha value is -1.96. The Kier molecular flexibility index (Phi) is 2.94. The van der Waals surface area contributed by atoms with Gasteiger partial charge < -0.3 is 14.8 Å². The van der Waals surface area contributed by atoms with E-state index < -0.39 is 0 Å². The van der Waals surface area contributed by atoms with E-state index in [9.17, 15) is 4.39 Å². The Labute approximate surface area is 115 Å². The first-order valence-electron chi connectivity index (χ1n) is 5.51. The highest BCUT2D eigenvalue weighted by Crippen LogP contribution is 2.25. The van der Waals surface area contributed by atoms with Crippen LogP contribution in [-0.2, 0) is 13.0 Å². The molecule has 0 aliphatic carbocycles. The quantitative estimate of drug-likeness (QED) is 0.797. The molecule has 0 fully saturated rings. The second-order valence-corrected chi connectivity index (χ2v) is 4.83. The number of rotatable bonds is 3. The Balaban J connectivity index is 1.98. The third kappa shape index (κ3) is 2.19. The van der Waals surface area contributed by atoms with Crippen molar-refractivity contribution in [3.8, 4) is 0 Å². The number of nitrogen functional groups attached to an aromatic ring is 1. The summed E-state index contributed by atoms with van der Waals surface area (Å²) in [7, 11) is 0. The lowest BCUT2D eigenvalue weighted by molar-refractivity contribution is 0.408. The predicted octanol–water partition coefficient (Wildman–Crippen LogP) is 2.15. The summed E-state index contributed by atoms with van der Waals surface area (Å²) in [5.74, 6) is 0.550. The molecule has 2 heterocycles. The molecular formula is C11H9BrFN5O. The largest absolute Gasteiger partial charge is 0.369 e. The molecule has 19 heavy (non-hydrogen) atoms. The number of aryl methyl sites for hydroxylation is 2. The zero-order chi connectivity index (χ0) is 13.4. The van der Waals surface area contributed by atoms with Gasteiger partial charge in [-0.05, 0) is 22.0 Å². The van der Waals surface area contributed by atoms with Crippen molar-refractivity contribution in [2.75, 3.05) is 5.73 Å². The van der Waals surface area contributed by atoms with E-state index in [-0.39, 0.29) is 5.82 Å².